The number of aromatic hydroxyl groups is 1. The maximum Gasteiger partial charge on any atom is 0.168 e. The van der Waals surface area contributed by atoms with Crippen LogP contribution in [0.1, 0.15) is 18.0 Å². The smallest absolute Gasteiger partial charge is 0.168 e. The van der Waals surface area contributed by atoms with E-state index in [4.69, 9.17) is 10.5 Å². The molecule has 0 radical (unpaired) electrons. The number of phenolic OH excluding ortho intramolecular Hbond substituents is 1. The maximum absolute atomic E-state index is 13.3. The molecule has 4 nitrogen and oxygen atoms in total. The molecule has 0 bridgehead atoms. The summed E-state index contributed by atoms with van der Waals surface area (Å²) in [5.41, 5.74) is 6.51. The molecule has 1 aliphatic rings. The fourth-order valence-corrected chi connectivity index (χ4v) is 2.64. The number of likely N-dealkylation sites (tertiary alicyclic amines) is 1. The summed E-state index contributed by atoms with van der Waals surface area (Å²) in [5, 5.41) is 9.52. The minimum atomic E-state index is -0.661. The molecular weight excluding hydrogens is 235 g/mol. The number of rotatable bonds is 3. The highest BCUT2D eigenvalue weighted by Crippen LogP contribution is 2.40. The molecule has 3 N–H and O–H groups in total. The number of hydrogen-bond acceptors (Lipinski definition) is 4. The fraction of sp³-hybridized carbons (Fsp3) is 0.538. The van der Waals surface area contributed by atoms with Crippen LogP contribution in [0.3, 0.4) is 0 Å². The second-order valence-electron chi connectivity index (χ2n) is 4.84. The van der Waals surface area contributed by atoms with Gasteiger partial charge in [-0.25, -0.2) is 4.39 Å². The molecule has 0 saturated carbocycles. The predicted molar refractivity (Wildman–Crippen MR) is 67.1 cm³/mol. The van der Waals surface area contributed by atoms with Crippen molar-refractivity contribution in [3.05, 3.63) is 23.5 Å². The van der Waals surface area contributed by atoms with Crippen LogP contribution >= 0.6 is 0 Å². The quantitative estimate of drug-likeness (QED) is 0.858. The van der Waals surface area contributed by atoms with Crippen molar-refractivity contribution in [2.24, 2.45) is 11.7 Å². The minimum Gasteiger partial charge on any atom is -0.505 e. The van der Waals surface area contributed by atoms with Crippen LogP contribution < -0.4 is 10.5 Å². The SMILES string of the molecule is COc1cc(F)c(O)cc1C1CC(CN)CN1C. The van der Waals surface area contributed by atoms with Gasteiger partial charge in [0, 0.05) is 24.2 Å². The summed E-state index contributed by atoms with van der Waals surface area (Å²) in [6, 6.07) is 2.79. The Bertz CT molecular complexity index is 439. The fourth-order valence-electron chi connectivity index (χ4n) is 2.64. The minimum absolute atomic E-state index is 0.111. The Morgan fingerprint density at radius 1 is 1.56 bits per heavy atom. The van der Waals surface area contributed by atoms with E-state index in [-0.39, 0.29) is 11.8 Å². The monoisotopic (exact) mass is 254 g/mol. The Labute approximate surface area is 106 Å². The van der Waals surface area contributed by atoms with Gasteiger partial charge in [-0.1, -0.05) is 0 Å². The van der Waals surface area contributed by atoms with Gasteiger partial charge in [0.25, 0.3) is 0 Å². The molecule has 1 saturated heterocycles. The molecule has 1 aromatic rings. The number of benzene rings is 1. The molecule has 0 amide bonds. The van der Waals surface area contributed by atoms with Crippen LogP contribution in [0.4, 0.5) is 4.39 Å². The first-order chi connectivity index (χ1) is 8.56. The Hall–Kier alpha value is -1.33. The average molecular weight is 254 g/mol. The van der Waals surface area contributed by atoms with Gasteiger partial charge in [-0.2, -0.15) is 0 Å². The summed E-state index contributed by atoms with van der Waals surface area (Å²) < 4.78 is 18.5. The lowest BCUT2D eigenvalue weighted by atomic mass is 9.98. The largest absolute Gasteiger partial charge is 0.505 e. The lowest BCUT2D eigenvalue weighted by Gasteiger charge is -2.22. The van der Waals surface area contributed by atoms with Crippen LogP contribution in [-0.2, 0) is 0 Å². The van der Waals surface area contributed by atoms with Crippen molar-refractivity contribution in [3.8, 4) is 11.5 Å². The van der Waals surface area contributed by atoms with E-state index in [1.807, 2.05) is 7.05 Å². The van der Waals surface area contributed by atoms with E-state index in [2.05, 4.69) is 4.90 Å². The zero-order valence-corrected chi connectivity index (χ0v) is 10.7. The van der Waals surface area contributed by atoms with Gasteiger partial charge in [0.2, 0.25) is 0 Å². The summed E-state index contributed by atoms with van der Waals surface area (Å²) in [4.78, 5) is 2.16. The molecule has 5 heteroatoms. The molecule has 0 spiro atoms. The second-order valence-corrected chi connectivity index (χ2v) is 4.84. The molecule has 1 aromatic carbocycles. The molecule has 2 rings (SSSR count). The van der Waals surface area contributed by atoms with Gasteiger partial charge in [0.15, 0.2) is 11.6 Å². The van der Waals surface area contributed by atoms with Crippen molar-refractivity contribution in [2.45, 2.75) is 12.5 Å². The topological polar surface area (TPSA) is 58.7 Å². The van der Waals surface area contributed by atoms with E-state index in [1.165, 1.54) is 19.2 Å². The zero-order chi connectivity index (χ0) is 13.3. The number of halogens is 1. The summed E-state index contributed by atoms with van der Waals surface area (Å²) in [5.74, 6) is -0.0984. The molecule has 0 aliphatic carbocycles. The lowest BCUT2D eigenvalue weighted by molar-refractivity contribution is 0.300. The summed E-state index contributed by atoms with van der Waals surface area (Å²) >= 11 is 0. The van der Waals surface area contributed by atoms with Gasteiger partial charge < -0.3 is 15.6 Å². The number of nitrogens with zero attached hydrogens (tertiary/aromatic N) is 1. The van der Waals surface area contributed by atoms with Crippen molar-refractivity contribution >= 4 is 0 Å². The third kappa shape index (κ3) is 2.28. The molecule has 2 atom stereocenters. The van der Waals surface area contributed by atoms with Crippen LogP contribution in [0.5, 0.6) is 11.5 Å². The number of ether oxygens (including phenoxy) is 1. The second kappa shape index (κ2) is 5.12. The van der Waals surface area contributed by atoms with Crippen molar-refractivity contribution in [3.63, 3.8) is 0 Å². The number of hydrogen-bond donors (Lipinski definition) is 2. The van der Waals surface area contributed by atoms with Crippen LogP contribution in [-0.4, -0.2) is 37.3 Å². The van der Waals surface area contributed by atoms with Crippen LogP contribution in [0, 0.1) is 11.7 Å². The first-order valence-electron chi connectivity index (χ1n) is 6.03. The van der Waals surface area contributed by atoms with Gasteiger partial charge >= 0.3 is 0 Å². The molecular formula is C13H19FN2O2. The third-order valence-electron chi connectivity index (χ3n) is 3.63. The van der Waals surface area contributed by atoms with E-state index in [0.717, 1.165) is 18.5 Å². The molecule has 1 heterocycles. The van der Waals surface area contributed by atoms with Crippen LogP contribution in [0.15, 0.2) is 12.1 Å². The molecule has 2 unspecified atom stereocenters. The van der Waals surface area contributed by atoms with Crippen molar-refractivity contribution in [1.82, 2.24) is 4.90 Å². The highest BCUT2D eigenvalue weighted by atomic mass is 19.1. The number of methoxy groups -OCH3 is 1. The molecule has 1 fully saturated rings. The third-order valence-corrected chi connectivity index (χ3v) is 3.63. The summed E-state index contributed by atoms with van der Waals surface area (Å²) in [6.07, 6.45) is 0.897. The molecule has 0 aromatic heterocycles. The normalized spacial score (nSPS) is 24.4. The molecule has 18 heavy (non-hydrogen) atoms. The van der Waals surface area contributed by atoms with Gasteiger partial charge in [0.1, 0.15) is 5.75 Å². The summed E-state index contributed by atoms with van der Waals surface area (Å²) in [6.45, 7) is 1.54. The van der Waals surface area contributed by atoms with Crippen LogP contribution in [0.25, 0.3) is 0 Å². The Kier molecular flexibility index (Phi) is 3.73. The number of phenols is 1. The Morgan fingerprint density at radius 2 is 2.28 bits per heavy atom. The van der Waals surface area contributed by atoms with E-state index < -0.39 is 5.82 Å². The zero-order valence-electron chi connectivity index (χ0n) is 10.7. The summed E-state index contributed by atoms with van der Waals surface area (Å²) in [7, 11) is 3.50. The van der Waals surface area contributed by atoms with Gasteiger partial charge in [0.05, 0.1) is 7.11 Å². The Morgan fingerprint density at radius 3 is 2.83 bits per heavy atom. The number of nitrogens with two attached hydrogens (primary N) is 1. The predicted octanol–water partition coefficient (Wildman–Crippen LogP) is 1.49. The van der Waals surface area contributed by atoms with E-state index in [9.17, 15) is 9.50 Å². The van der Waals surface area contributed by atoms with E-state index in [1.54, 1.807) is 0 Å². The van der Waals surface area contributed by atoms with Crippen molar-refractivity contribution in [2.75, 3.05) is 27.2 Å². The first-order valence-corrected chi connectivity index (χ1v) is 6.03. The average Bonchev–Trinajstić information content (AvgIpc) is 2.73. The van der Waals surface area contributed by atoms with Gasteiger partial charge in [-0.15, -0.1) is 0 Å². The van der Waals surface area contributed by atoms with Crippen LogP contribution in [0.2, 0.25) is 0 Å². The molecule has 100 valence electrons. The van der Waals surface area contributed by atoms with Crippen molar-refractivity contribution < 1.29 is 14.2 Å². The van der Waals surface area contributed by atoms with Gasteiger partial charge in [-0.3, -0.25) is 4.90 Å². The standard InChI is InChI=1S/C13H19FN2O2/c1-16-7-8(6-15)3-11(16)9-4-12(17)10(14)5-13(9)18-2/h4-5,8,11,17H,3,6-7,15H2,1-2H3. The van der Waals surface area contributed by atoms with Crippen molar-refractivity contribution in [1.29, 1.82) is 0 Å². The highest BCUT2D eigenvalue weighted by molar-refractivity contribution is 5.43. The van der Waals surface area contributed by atoms with E-state index >= 15 is 0 Å². The first kappa shape index (κ1) is 13.1. The molecule has 1 aliphatic heterocycles. The Balaban J connectivity index is 2.35. The van der Waals surface area contributed by atoms with E-state index in [0.29, 0.717) is 18.2 Å². The lowest BCUT2D eigenvalue weighted by Crippen LogP contribution is -2.20. The maximum atomic E-state index is 13.3. The highest BCUT2D eigenvalue weighted by Gasteiger charge is 2.32. The van der Waals surface area contributed by atoms with Gasteiger partial charge in [-0.05, 0) is 32.0 Å².